The van der Waals surface area contributed by atoms with Gasteiger partial charge in [-0.15, -0.1) is 12.4 Å². The number of rotatable bonds is 3. The number of methoxy groups -OCH3 is 2. The highest BCUT2D eigenvalue weighted by Crippen LogP contribution is 2.19. The van der Waals surface area contributed by atoms with Crippen molar-refractivity contribution in [1.82, 2.24) is 15.1 Å². The first-order chi connectivity index (χ1) is 12.1. The number of carbonyl (C=O) groups excluding carboxylic acids is 1. The lowest BCUT2D eigenvalue weighted by Gasteiger charge is -2.38. The van der Waals surface area contributed by atoms with Crippen LogP contribution in [-0.4, -0.2) is 68.0 Å². The average molecular weight is 401 g/mol. The predicted octanol–water partition coefficient (Wildman–Crippen LogP) is 1.94. The maximum Gasteiger partial charge on any atom is 0.294 e. The third kappa shape index (κ3) is 4.29. The quantitative estimate of drug-likeness (QED) is 0.785. The van der Waals surface area contributed by atoms with Crippen molar-refractivity contribution in [3.05, 3.63) is 47.1 Å². The van der Waals surface area contributed by atoms with Crippen molar-refractivity contribution in [3.63, 3.8) is 0 Å². The zero-order valence-corrected chi connectivity index (χ0v) is 16.2. The first-order valence-electron chi connectivity index (χ1n) is 8.01. The number of ether oxygens (including phenoxy) is 2. The van der Waals surface area contributed by atoms with Crippen molar-refractivity contribution < 1.29 is 14.3 Å². The van der Waals surface area contributed by atoms with Crippen LogP contribution in [0.5, 0.6) is 0 Å². The van der Waals surface area contributed by atoms with E-state index >= 15 is 0 Å². The van der Waals surface area contributed by atoms with Crippen LogP contribution in [0.25, 0.3) is 0 Å². The van der Waals surface area contributed by atoms with Crippen LogP contribution in [0.3, 0.4) is 0 Å². The van der Waals surface area contributed by atoms with Crippen LogP contribution in [0, 0.1) is 0 Å². The Morgan fingerprint density at radius 2 is 1.77 bits per heavy atom. The highest BCUT2D eigenvalue weighted by atomic mass is 35.5. The second kappa shape index (κ2) is 8.73. The summed E-state index contributed by atoms with van der Waals surface area (Å²) in [6.07, 6.45) is 3.46. The van der Waals surface area contributed by atoms with Crippen molar-refractivity contribution in [1.29, 1.82) is 0 Å². The van der Waals surface area contributed by atoms with E-state index in [4.69, 9.17) is 21.1 Å². The van der Waals surface area contributed by atoms with Crippen molar-refractivity contribution in [2.75, 3.05) is 40.4 Å². The van der Waals surface area contributed by atoms with E-state index in [1.54, 1.807) is 50.8 Å². The molecule has 0 bridgehead atoms. The number of halogens is 2. The van der Waals surface area contributed by atoms with Gasteiger partial charge in [-0.1, -0.05) is 11.6 Å². The van der Waals surface area contributed by atoms with Gasteiger partial charge in [0.05, 0.1) is 0 Å². The number of nitrogens with one attached hydrogen (secondary N) is 1. The summed E-state index contributed by atoms with van der Waals surface area (Å²) in [5, 5.41) is 3.73. The molecule has 0 aliphatic carbocycles. The molecule has 1 saturated heterocycles. The minimum atomic E-state index is -1.10. The van der Waals surface area contributed by atoms with E-state index in [9.17, 15) is 4.79 Å². The maximum absolute atomic E-state index is 12.6. The molecule has 0 saturated carbocycles. The SMILES string of the molecule is COC1(OC)C=CNC(N2CCN(C(=O)c3ccc(Cl)cc3)CC2)=N1.Cl. The molecule has 0 unspecified atom stereocenters. The molecule has 7 nitrogen and oxygen atoms in total. The summed E-state index contributed by atoms with van der Waals surface area (Å²) in [7, 11) is 3.09. The van der Waals surface area contributed by atoms with Gasteiger partial charge in [0, 0.05) is 63.3 Å². The summed E-state index contributed by atoms with van der Waals surface area (Å²) in [4.78, 5) is 21.0. The fraction of sp³-hybridized carbons (Fsp3) is 0.412. The number of hydrogen-bond donors (Lipinski definition) is 1. The fourth-order valence-electron chi connectivity index (χ4n) is 2.81. The van der Waals surface area contributed by atoms with Crippen LogP contribution in [0.4, 0.5) is 0 Å². The molecule has 2 aliphatic rings. The molecule has 0 aromatic heterocycles. The van der Waals surface area contributed by atoms with Crippen LogP contribution < -0.4 is 5.32 Å². The Kier molecular flexibility index (Phi) is 6.88. The lowest BCUT2D eigenvalue weighted by molar-refractivity contribution is -0.164. The van der Waals surface area contributed by atoms with Gasteiger partial charge < -0.3 is 24.6 Å². The Balaban J connectivity index is 0.00000243. The Morgan fingerprint density at radius 1 is 1.15 bits per heavy atom. The summed E-state index contributed by atoms with van der Waals surface area (Å²) in [5.41, 5.74) is 0.645. The third-order valence-electron chi connectivity index (χ3n) is 4.31. The van der Waals surface area contributed by atoms with E-state index in [-0.39, 0.29) is 18.3 Å². The Labute approximate surface area is 164 Å². The van der Waals surface area contributed by atoms with Crippen molar-refractivity contribution >= 4 is 35.9 Å². The molecule has 3 rings (SSSR count). The summed E-state index contributed by atoms with van der Waals surface area (Å²) < 4.78 is 10.7. The molecule has 1 fully saturated rings. The average Bonchev–Trinajstić information content (AvgIpc) is 2.68. The van der Waals surface area contributed by atoms with Gasteiger partial charge in [0.1, 0.15) is 0 Å². The molecule has 0 radical (unpaired) electrons. The molecule has 1 aromatic rings. The predicted molar refractivity (Wildman–Crippen MR) is 103 cm³/mol. The molecule has 142 valence electrons. The van der Waals surface area contributed by atoms with Crippen LogP contribution >= 0.6 is 24.0 Å². The van der Waals surface area contributed by atoms with Crippen molar-refractivity contribution in [3.8, 4) is 0 Å². The number of benzene rings is 1. The Morgan fingerprint density at radius 3 is 2.35 bits per heavy atom. The lowest BCUT2D eigenvalue weighted by atomic mass is 10.2. The van der Waals surface area contributed by atoms with Crippen molar-refractivity contribution in [2.24, 2.45) is 4.99 Å². The fourth-order valence-corrected chi connectivity index (χ4v) is 2.93. The first kappa shape index (κ1) is 20.5. The van der Waals surface area contributed by atoms with Gasteiger partial charge in [-0.05, 0) is 24.3 Å². The van der Waals surface area contributed by atoms with Gasteiger partial charge in [0.15, 0.2) is 0 Å². The largest absolute Gasteiger partial charge is 0.339 e. The van der Waals surface area contributed by atoms with Gasteiger partial charge in [-0.3, -0.25) is 4.79 Å². The zero-order chi connectivity index (χ0) is 17.9. The molecule has 1 aromatic carbocycles. The zero-order valence-electron chi connectivity index (χ0n) is 14.6. The molecule has 1 N–H and O–H groups in total. The number of guanidine groups is 1. The third-order valence-corrected chi connectivity index (χ3v) is 4.56. The Hall–Kier alpha value is -1.80. The van der Waals surface area contributed by atoms with Gasteiger partial charge in [0.25, 0.3) is 11.8 Å². The monoisotopic (exact) mass is 400 g/mol. The molecule has 0 atom stereocenters. The topological polar surface area (TPSA) is 66.4 Å². The van der Waals surface area contributed by atoms with E-state index in [1.165, 1.54) is 0 Å². The molecular weight excluding hydrogens is 379 g/mol. The summed E-state index contributed by atoms with van der Waals surface area (Å²) in [6, 6.07) is 6.96. The number of piperazine rings is 1. The Bertz CT molecular complexity index is 682. The van der Waals surface area contributed by atoms with Crippen LogP contribution in [0.1, 0.15) is 10.4 Å². The number of carbonyl (C=O) groups is 1. The van der Waals surface area contributed by atoms with Crippen molar-refractivity contribution in [2.45, 2.75) is 5.91 Å². The molecule has 2 aliphatic heterocycles. The van der Waals surface area contributed by atoms with Crippen LogP contribution in [-0.2, 0) is 9.47 Å². The summed E-state index contributed by atoms with van der Waals surface area (Å²) >= 11 is 5.88. The molecular formula is C17H22Cl2N4O3. The van der Waals surface area contributed by atoms with Crippen LogP contribution in [0.15, 0.2) is 41.5 Å². The molecule has 9 heteroatoms. The van der Waals surface area contributed by atoms with Gasteiger partial charge in [0.2, 0.25) is 5.96 Å². The minimum absolute atomic E-state index is 0. The first-order valence-corrected chi connectivity index (χ1v) is 8.39. The standard InChI is InChI=1S/C17H21ClN4O3.ClH/c1-24-17(25-2)7-8-19-16(20-17)22-11-9-21(10-12-22)15(23)13-3-5-14(18)6-4-13;/h3-8H,9-12H2,1-2H3,(H,19,20);1H. The highest BCUT2D eigenvalue weighted by Gasteiger charge is 2.32. The second-order valence-electron chi connectivity index (χ2n) is 5.74. The summed E-state index contributed by atoms with van der Waals surface area (Å²) in [5.74, 6) is -0.417. The number of nitrogens with zero attached hydrogens (tertiary/aromatic N) is 3. The van der Waals surface area contributed by atoms with E-state index in [0.717, 1.165) is 0 Å². The van der Waals surface area contributed by atoms with E-state index < -0.39 is 5.91 Å². The lowest BCUT2D eigenvalue weighted by Crippen LogP contribution is -2.54. The normalized spacial score (nSPS) is 18.7. The molecule has 1 amide bonds. The van der Waals surface area contributed by atoms with Crippen LogP contribution in [0.2, 0.25) is 5.02 Å². The molecule has 26 heavy (non-hydrogen) atoms. The second-order valence-corrected chi connectivity index (χ2v) is 6.17. The highest BCUT2D eigenvalue weighted by molar-refractivity contribution is 6.30. The molecule has 0 spiro atoms. The molecule has 2 heterocycles. The number of amides is 1. The van der Waals surface area contributed by atoms with E-state index in [1.807, 2.05) is 4.90 Å². The smallest absolute Gasteiger partial charge is 0.294 e. The minimum Gasteiger partial charge on any atom is -0.339 e. The van der Waals surface area contributed by atoms with Gasteiger partial charge >= 0.3 is 0 Å². The van der Waals surface area contributed by atoms with E-state index in [0.29, 0.717) is 42.7 Å². The number of hydrogen-bond acceptors (Lipinski definition) is 6. The van der Waals surface area contributed by atoms with Gasteiger partial charge in [-0.2, -0.15) is 4.99 Å². The summed E-state index contributed by atoms with van der Waals surface area (Å²) in [6.45, 7) is 2.56. The maximum atomic E-state index is 12.6. The van der Waals surface area contributed by atoms with E-state index in [2.05, 4.69) is 15.2 Å². The number of aliphatic imine (C=N–C) groups is 1. The van der Waals surface area contributed by atoms with Gasteiger partial charge in [-0.25, -0.2) is 0 Å².